The van der Waals surface area contributed by atoms with E-state index in [1.165, 1.54) is 7.11 Å². The van der Waals surface area contributed by atoms with Crippen molar-refractivity contribution in [1.82, 2.24) is 4.90 Å². The molecule has 1 fully saturated rings. The maximum absolute atomic E-state index is 12.7. The van der Waals surface area contributed by atoms with Gasteiger partial charge in [0.1, 0.15) is 0 Å². The molecule has 0 saturated carbocycles. The lowest BCUT2D eigenvalue weighted by molar-refractivity contribution is -0.156. The van der Waals surface area contributed by atoms with Crippen LogP contribution in [0.2, 0.25) is 0 Å². The minimum Gasteiger partial charge on any atom is -0.394 e. The standard InChI is InChI=1S/C15H21NO4/c1-11-10-20-13(9-17)8-16(11)15(18)14(19-2)12-6-4-3-5-7-12/h3-7,11,13-14,17H,8-10H2,1-2H3/t11-,13+,14-/m1/s1. The minimum absolute atomic E-state index is 0.0216. The molecule has 1 aliphatic rings. The summed E-state index contributed by atoms with van der Waals surface area (Å²) in [4.78, 5) is 14.4. The number of amides is 1. The van der Waals surface area contributed by atoms with Crippen molar-refractivity contribution in [2.75, 3.05) is 26.9 Å². The van der Waals surface area contributed by atoms with Crippen molar-refractivity contribution >= 4 is 5.91 Å². The second-order valence-electron chi connectivity index (χ2n) is 5.00. The number of rotatable bonds is 4. The molecule has 3 atom stereocenters. The van der Waals surface area contributed by atoms with Crippen LogP contribution in [-0.4, -0.2) is 54.9 Å². The molecule has 5 nitrogen and oxygen atoms in total. The molecule has 0 radical (unpaired) electrons. The van der Waals surface area contributed by atoms with Crippen LogP contribution in [-0.2, 0) is 14.3 Å². The monoisotopic (exact) mass is 279 g/mol. The van der Waals surface area contributed by atoms with Gasteiger partial charge in [0.2, 0.25) is 0 Å². The second-order valence-corrected chi connectivity index (χ2v) is 5.00. The van der Waals surface area contributed by atoms with E-state index in [4.69, 9.17) is 9.47 Å². The second kappa shape index (κ2) is 6.83. The number of nitrogens with zero attached hydrogens (tertiary/aromatic N) is 1. The number of hydrogen-bond acceptors (Lipinski definition) is 4. The van der Waals surface area contributed by atoms with Crippen LogP contribution < -0.4 is 0 Å². The first-order valence-corrected chi connectivity index (χ1v) is 6.78. The highest BCUT2D eigenvalue weighted by molar-refractivity contribution is 5.82. The van der Waals surface area contributed by atoms with Gasteiger partial charge in [0.15, 0.2) is 6.10 Å². The van der Waals surface area contributed by atoms with Gasteiger partial charge < -0.3 is 19.5 Å². The smallest absolute Gasteiger partial charge is 0.256 e. The van der Waals surface area contributed by atoms with E-state index in [1.54, 1.807) is 4.90 Å². The molecule has 0 aromatic heterocycles. The third-order valence-electron chi connectivity index (χ3n) is 3.55. The van der Waals surface area contributed by atoms with Gasteiger partial charge >= 0.3 is 0 Å². The van der Waals surface area contributed by atoms with Crippen molar-refractivity contribution in [3.8, 4) is 0 Å². The van der Waals surface area contributed by atoms with Gasteiger partial charge in [-0.25, -0.2) is 0 Å². The molecule has 1 amide bonds. The first-order valence-electron chi connectivity index (χ1n) is 6.78. The first-order chi connectivity index (χ1) is 9.67. The molecule has 0 bridgehead atoms. The Morgan fingerprint density at radius 2 is 2.20 bits per heavy atom. The van der Waals surface area contributed by atoms with Crippen LogP contribution in [0.15, 0.2) is 30.3 Å². The molecule has 2 rings (SSSR count). The van der Waals surface area contributed by atoms with Crippen LogP contribution >= 0.6 is 0 Å². The number of hydrogen-bond donors (Lipinski definition) is 1. The lowest BCUT2D eigenvalue weighted by Gasteiger charge is -2.39. The lowest BCUT2D eigenvalue weighted by Crippen LogP contribution is -2.53. The number of ether oxygens (including phenoxy) is 2. The fourth-order valence-electron chi connectivity index (χ4n) is 2.39. The average molecular weight is 279 g/mol. The predicted octanol–water partition coefficient (Wildman–Crippen LogP) is 0.982. The maximum Gasteiger partial charge on any atom is 0.256 e. The molecule has 20 heavy (non-hydrogen) atoms. The van der Waals surface area contributed by atoms with Crippen molar-refractivity contribution in [3.63, 3.8) is 0 Å². The molecular formula is C15H21NO4. The van der Waals surface area contributed by atoms with Gasteiger partial charge in [0, 0.05) is 13.7 Å². The number of benzene rings is 1. The third kappa shape index (κ3) is 3.17. The van der Waals surface area contributed by atoms with Crippen LogP contribution in [0.3, 0.4) is 0 Å². The van der Waals surface area contributed by atoms with Crippen LogP contribution in [0.1, 0.15) is 18.6 Å². The quantitative estimate of drug-likeness (QED) is 0.892. The summed E-state index contributed by atoms with van der Waals surface area (Å²) in [6.07, 6.45) is -0.931. The van der Waals surface area contributed by atoms with Gasteiger partial charge in [-0.2, -0.15) is 0 Å². The van der Waals surface area contributed by atoms with Crippen LogP contribution in [0, 0.1) is 0 Å². The van der Waals surface area contributed by atoms with Gasteiger partial charge in [-0.15, -0.1) is 0 Å². The molecule has 1 saturated heterocycles. The summed E-state index contributed by atoms with van der Waals surface area (Å²) < 4.78 is 10.8. The van der Waals surface area contributed by atoms with Crippen molar-refractivity contribution < 1.29 is 19.4 Å². The fourth-order valence-corrected chi connectivity index (χ4v) is 2.39. The number of methoxy groups -OCH3 is 1. The summed E-state index contributed by atoms with van der Waals surface area (Å²) in [6, 6.07) is 9.40. The number of morpholine rings is 1. The van der Waals surface area contributed by atoms with Gasteiger partial charge in [-0.3, -0.25) is 4.79 Å². The highest BCUT2D eigenvalue weighted by atomic mass is 16.5. The minimum atomic E-state index is -0.615. The van der Waals surface area contributed by atoms with Crippen LogP contribution in [0.5, 0.6) is 0 Å². The summed E-state index contributed by atoms with van der Waals surface area (Å²) in [5, 5.41) is 9.20. The summed E-state index contributed by atoms with van der Waals surface area (Å²) in [6.45, 7) is 2.67. The Balaban J connectivity index is 2.15. The topological polar surface area (TPSA) is 59.0 Å². The maximum atomic E-state index is 12.7. The molecule has 1 heterocycles. The van der Waals surface area contributed by atoms with E-state index in [2.05, 4.69) is 0 Å². The molecule has 5 heteroatoms. The van der Waals surface area contributed by atoms with Crippen molar-refractivity contribution in [2.24, 2.45) is 0 Å². The zero-order valence-electron chi connectivity index (χ0n) is 11.9. The van der Waals surface area contributed by atoms with E-state index in [0.717, 1.165) is 5.56 Å². The van der Waals surface area contributed by atoms with Gasteiger partial charge in [-0.05, 0) is 12.5 Å². The number of aliphatic hydroxyl groups excluding tert-OH is 1. The average Bonchev–Trinajstić information content (AvgIpc) is 2.49. The Labute approximate surface area is 119 Å². The van der Waals surface area contributed by atoms with E-state index >= 15 is 0 Å². The molecule has 1 aromatic rings. The van der Waals surface area contributed by atoms with Crippen LogP contribution in [0.4, 0.5) is 0 Å². The Morgan fingerprint density at radius 3 is 2.80 bits per heavy atom. The van der Waals surface area contributed by atoms with Crippen molar-refractivity contribution in [3.05, 3.63) is 35.9 Å². The molecule has 0 unspecified atom stereocenters. The van der Waals surface area contributed by atoms with Gasteiger partial charge in [0.25, 0.3) is 5.91 Å². The highest BCUT2D eigenvalue weighted by Crippen LogP contribution is 2.22. The number of carbonyl (C=O) groups is 1. The summed E-state index contributed by atoms with van der Waals surface area (Å²) in [5.74, 6) is -0.0899. The molecular weight excluding hydrogens is 258 g/mol. The number of carbonyl (C=O) groups excluding carboxylic acids is 1. The molecule has 0 spiro atoms. The fraction of sp³-hybridized carbons (Fsp3) is 0.533. The SMILES string of the molecule is CO[C@@H](C(=O)N1C[C@@H](CO)OC[C@H]1C)c1ccccc1. The molecule has 110 valence electrons. The van der Waals surface area contributed by atoms with E-state index in [9.17, 15) is 9.90 Å². The normalized spacial score (nSPS) is 24.4. The Hall–Kier alpha value is -1.43. The molecule has 1 N–H and O–H groups in total. The Bertz CT molecular complexity index is 437. The zero-order chi connectivity index (χ0) is 14.5. The molecule has 0 aliphatic carbocycles. The first kappa shape index (κ1) is 15.0. The third-order valence-corrected chi connectivity index (χ3v) is 3.55. The Morgan fingerprint density at radius 1 is 1.50 bits per heavy atom. The summed E-state index contributed by atoms with van der Waals surface area (Å²) in [5.41, 5.74) is 0.833. The van der Waals surface area contributed by atoms with Crippen molar-refractivity contribution in [2.45, 2.75) is 25.2 Å². The molecule has 1 aliphatic heterocycles. The van der Waals surface area contributed by atoms with E-state index < -0.39 is 6.10 Å². The van der Waals surface area contributed by atoms with Gasteiger partial charge in [0.05, 0.1) is 25.4 Å². The summed E-state index contributed by atoms with van der Waals surface area (Å²) >= 11 is 0. The van der Waals surface area contributed by atoms with E-state index in [1.807, 2.05) is 37.3 Å². The van der Waals surface area contributed by atoms with Crippen LogP contribution in [0.25, 0.3) is 0 Å². The molecule has 1 aromatic carbocycles. The number of aliphatic hydroxyl groups is 1. The van der Waals surface area contributed by atoms with Crippen molar-refractivity contribution in [1.29, 1.82) is 0 Å². The van der Waals surface area contributed by atoms with E-state index in [0.29, 0.717) is 13.2 Å². The highest BCUT2D eigenvalue weighted by Gasteiger charge is 2.33. The lowest BCUT2D eigenvalue weighted by atomic mass is 10.1. The zero-order valence-corrected chi connectivity index (χ0v) is 11.9. The summed E-state index contributed by atoms with van der Waals surface area (Å²) in [7, 11) is 1.53. The Kier molecular flexibility index (Phi) is 5.11. The van der Waals surface area contributed by atoms with E-state index in [-0.39, 0.29) is 24.7 Å². The van der Waals surface area contributed by atoms with Gasteiger partial charge in [-0.1, -0.05) is 30.3 Å². The predicted molar refractivity (Wildman–Crippen MR) is 74.2 cm³/mol. The largest absolute Gasteiger partial charge is 0.394 e.